The lowest BCUT2D eigenvalue weighted by atomic mass is 10.1. The van der Waals surface area contributed by atoms with Gasteiger partial charge >= 0.3 is 0 Å². The first kappa shape index (κ1) is 15.9. The van der Waals surface area contributed by atoms with Crippen molar-refractivity contribution < 1.29 is 9.47 Å². The smallest absolute Gasteiger partial charge is 0.0702 e. The third kappa shape index (κ3) is 5.65. The lowest BCUT2D eigenvalue weighted by molar-refractivity contribution is -0.0193. The average Bonchev–Trinajstić information content (AvgIpc) is 2.35. The van der Waals surface area contributed by atoms with Crippen molar-refractivity contribution in [1.82, 2.24) is 10.2 Å². The number of likely N-dealkylation sites (tertiary alicyclic amines) is 1. The van der Waals surface area contributed by atoms with Crippen molar-refractivity contribution in [2.75, 3.05) is 40.0 Å². The number of hydrogen-bond acceptors (Lipinski definition) is 4. The van der Waals surface area contributed by atoms with Gasteiger partial charge in [-0.3, -0.25) is 4.90 Å². The van der Waals surface area contributed by atoms with Crippen molar-refractivity contribution in [3.05, 3.63) is 0 Å². The second-order valence-corrected chi connectivity index (χ2v) is 5.39. The largest absolute Gasteiger partial charge is 0.383 e. The van der Waals surface area contributed by atoms with Crippen LogP contribution < -0.4 is 5.32 Å². The van der Waals surface area contributed by atoms with Gasteiger partial charge in [-0.1, -0.05) is 13.8 Å². The van der Waals surface area contributed by atoms with Gasteiger partial charge in [0.1, 0.15) is 0 Å². The van der Waals surface area contributed by atoms with E-state index in [0.29, 0.717) is 18.2 Å². The Hall–Kier alpha value is -0.160. The maximum absolute atomic E-state index is 5.76. The summed E-state index contributed by atoms with van der Waals surface area (Å²) in [4.78, 5) is 2.52. The molecule has 1 aliphatic heterocycles. The molecule has 108 valence electrons. The molecule has 0 aromatic carbocycles. The fourth-order valence-corrected chi connectivity index (χ4v) is 2.53. The molecule has 1 heterocycles. The standard InChI is InChI=1S/C14H30N2O2/c1-5-18-14-7-6-8-16(10-14)13(11-17-4)9-15-12(2)3/h12-15H,5-11H2,1-4H3. The van der Waals surface area contributed by atoms with E-state index in [9.17, 15) is 0 Å². The lowest BCUT2D eigenvalue weighted by Gasteiger charge is -2.38. The van der Waals surface area contributed by atoms with E-state index in [4.69, 9.17) is 9.47 Å². The second kappa shape index (κ2) is 8.86. The highest BCUT2D eigenvalue weighted by Gasteiger charge is 2.26. The third-order valence-corrected chi connectivity index (χ3v) is 3.45. The summed E-state index contributed by atoms with van der Waals surface area (Å²) in [5.41, 5.74) is 0. The second-order valence-electron chi connectivity index (χ2n) is 5.39. The van der Waals surface area contributed by atoms with E-state index in [-0.39, 0.29) is 0 Å². The van der Waals surface area contributed by atoms with Gasteiger partial charge in [0.05, 0.1) is 12.7 Å². The maximum Gasteiger partial charge on any atom is 0.0702 e. The Balaban J connectivity index is 2.44. The van der Waals surface area contributed by atoms with Gasteiger partial charge < -0.3 is 14.8 Å². The normalized spacial score (nSPS) is 23.5. The van der Waals surface area contributed by atoms with E-state index in [1.165, 1.54) is 12.8 Å². The van der Waals surface area contributed by atoms with Gasteiger partial charge in [0, 0.05) is 38.9 Å². The van der Waals surface area contributed by atoms with Gasteiger partial charge in [0.25, 0.3) is 0 Å². The van der Waals surface area contributed by atoms with Gasteiger partial charge in [-0.05, 0) is 26.3 Å². The van der Waals surface area contributed by atoms with Gasteiger partial charge in [0.2, 0.25) is 0 Å². The van der Waals surface area contributed by atoms with Crippen LogP contribution in [0.1, 0.15) is 33.6 Å². The molecule has 1 rings (SSSR count). The molecule has 4 heteroatoms. The number of hydrogen-bond donors (Lipinski definition) is 1. The minimum atomic E-state index is 0.405. The molecule has 1 N–H and O–H groups in total. The van der Waals surface area contributed by atoms with E-state index >= 15 is 0 Å². The molecular weight excluding hydrogens is 228 g/mol. The zero-order valence-corrected chi connectivity index (χ0v) is 12.4. The lowest BCUT2D eigenvalue weighted by Crippen LogP contribution is -2.51. The molecule has 2 atom stereocenters. The Labute approximate surface area is 112 Å². The van der Waals surface area contributed by atoms with E-state index in [2.05, 4.69) is 31.0 Å². The van der Waals surface area contributed by atoms with E-state index in [1.807, 2.05) is 0 Å². The maximum atomic E-state index is 5.76. The van der Waals surface area contributed by atoms with Crippen molar-refractivity contribution in [3.63, 3.8) is 0 Å². The summed E-state index contributed by atoms with van der Waals surface area (Å²) in [6, 6.07) is 0.984. The number of ether oxygens (including phenoxy) is 2. The van der Waals surface area contributed by atoms with Crippen LogP contribution in [0, 0.1) is 0 Å². The molecule has 1 saturated heterocycles. The summed E-state index contributed by atoms with van der Waals surface area (Å²) in [5, 5.41) is 3.51. The van der Waals surface area contributed by atoms with Crippen LogP contribution in [0.4, 0.5) is 0 Å². The summed E-state index contributed by atoms with van der Waals surface area (Å²) >= 11 is 0. The van der Waals surface area contributed by atoms with Crippen LogP contribution in [0.25, 0.3) is 0 Å². The minimum Gasteiger partial charge on any atom is -0.383 e. The predicted octanol–water partition coefficient (Wildman–Crippen LogP) is 1.50. The number of nitrogens with zero attached hydrogens (tertiary/aromatic N) is 1. The average molecular weight is 258 g/mol. The predicted molar refractivity (Wildman–Crippen MR) is 75.0 cm³/mol. The molecule has 0 aromatic heterocycles. The van der Waals surface area contributed by atoms with Crippen molar-refractivity contribution >= 4 is 0 Å². The van der Waals surface area contributed by atoms with Crippen LogP contribution in [-0.2, 0) is 9.47 Å². The molecule has 18 heavy (non-hydrogen) atoms. The van der Waals surface area contributed by atoms with Crippen molar-refractivity contribution in [3.8, 4) is 0 Å². The molecule has 0 radical (unpaired) electrons. The van der Waals surface area contributed by atoms with E-state index in [1.54, 1.807) is 7.11 Å². The molecule has 4 nitrogen and oxygen atoms in total. The molecule has 0 bridgehead atoms. The molecule has 0 spiro atoms. The highest BCUT2D eigenvalue weighted by Crippen LogP contribution is 2.16. The Kier molecular flexibility index (Phi) is 7.82. The van der Waals surface area contributed by atoms with Crippen LogP contribution in [-0.4, -0.2) is 63.0 Å². The molecule has 2 unspecified atom stereocenters. The highest BCUT2D eigenvalue weighted by molar-refractivity contribution is 4.81. The summed E-state index contributed by atoms with van der Waals surface area (Å²) < 4.78 is 11.1. The number of piperidine rings is 1. The molecule has 0 aromatic rings. The SMILES string of the molecule is CCOC1CCCN(C(CNC(C)C)COC)C1. The summed E-state index contributed by atoms with van der Waals surface area (Å²) in [7, 11) is 1.78. The number of rotatable bonds is 8. The fraction of sp³-hybridized carbons (Fsp3) is 1.00. The molecule has 0 aliphatic carbocycles. The number of methoxy groups -OCH3 is 1. The van der Waals surface area contributed by atoms with Crippen molar-refractivity contribution in [1.29, 1.82) is 0 Å². The van der Waals surface area contributed by atoms with Crippen LogP contribution in [0.2, 0.25) is 0 Å². The number of nitrogens with one attached hydrogen (secondary N) is 1. The fourth-order valence-electron chi connectivity index (χ4n) is 2.53. The van der Waals surface area contributed by atoms with E-state index in [0.717, 1.165) is 32.8 Å². The Morgan fingerprint density at radius 1 is 1.39 bits per heavy atom. The summed E-state index contributed by atoms with van der Waals surface area (Å²) in [6.45, 7) is 11.2. The first-order chi connectivity index (χ1) is 8.67. The van der Waals surface area contributed by atoms with Crippen LogP contribution in [0.5, 0.6) is 0 Å². The van der Waals surface area contributed by atoms with Gasteiger partial charge in [-0.15, -0.1) is 0 Å². The zero-order chi connectivity index (χ0) is 13.4. The third-order valence-electron chi connectivity index (χ3n) is 3.45. The molecular formula is C14H30N2O2. The zero-order valence-electron chi connectivity index (χ0n) is 12.4. The van der Waals surface area contributed by atoms with Crippen LogP contribution >= 0.6 is 0 Å². The van der Waals surface area contributed by atoms with Crippen molar-refractivity contribution in [2.45, 2.75) is 51.8 Å². The highest BCUT2D eigenvalue weighted by atomic mass is 16.5. The van der Waals surface area contributed by atoms with Gasteiger partial charge in [0.15, 0.2) is 0 Å². The summed E-state index contributed by atoms with van der Waals surface area (Å²) in [6.07, 6.45) is 2.83. The van der Waals surface area contributed by atoms with Crippen molar-refractivity contribution in [2.24, 2.45) is 0 Å². The molecule has 1 aliphatic rings. The Morgan fingerprint density at radius 3 is 2.78 bits per heavy atom. The molecule has 0 saturated carbocycles. The van der Waals surface area contributed by atoms with Gasteiger partial charge in [-0.2, -0.15) is 0 Å². The van der Waals surface area contributed by atoms with Crippen LogP contribution in [0.3, 0.4) is 0 Å². The monoisotopic (exact) mass is 258 g/mol. The molecule has 0 amide bonds. The first-order valence-corrected chi connectivity index (χ1v) is 7.25. The Morgan fingerprint density at radius 2 is 2.17 bits per heavy atom. The van der Waals surface area contributed by atoms with E-state index < -0.39 is 0 Å². The topological polar surface area (TPSA) is 33.7 Å². The summed E-state index contributed by atoms with van der Waals surface area (Å²) in [5.74, 6) is 0. The van der Waals surface area contributed by atoms with Gasteiger partial charge in [-0.25, -0.2) is 0 Å². The Bertz CT molecular complexity index is 210. The quantitative estimate of drug-likeness (QED) is 0.715. The molecule has 1 fully saturated rings. The first-order valence-electron chi connectivity index (χ1n) is 7.25. The van der Waals surface area contributed by atoms with Crippen LogP contribution in [0.15, 0.2) is 0 Å². The minimum absolute atomic E-state index is 0.405.